The van der Waals surface area contributed by atoms with Gasteiger partial charge in [0, 0.05) is 11.6 Å². The van der Waals surface area contributed by atoms with Gasteiger partial charge in [-0.3, -0.25) is 0 Å². The average molecular weight is 440 g/mol. The number of hydrogen-bond acceptors (Lipinski definition) is 4. The highest BCUT2D eigenvalue weighted by Crippen LogP contribution is 2.28. The highest BCUT2D eigenvalue weighted by Gasteiger charge is 2.38. The summed E-state index contributed by atoms with van der Waals surface area (Å²) in [5.41, 5.74) is 9.38. The van der Waals surface area contributed by atoms with Gasteiger partial charge < -0.3 is 15.6 Å². The van der Waals surface area contributed by atoms with Crippen molar-refractivity contribution in [2.24, 2.45) is 0 Å². The van der Waals surface area contributed by atoms with E-state index >= 15 is 0 Å². The summed E-state index contributed by atoms with van der Waals surface area (Å²) < 4.78 is 37.6. The topological polar surface area (TPSA) is 85.4 Å². The largest absolute Gasteiger partial charge is 0.490 e. The molecule has 0 bridgehead atoms. The van der Waals surface area contributed by atoms with Crippen LogP contribution < -0.4 is 10.5 Å². The summed E-state index contributed by atoms with van der Waals surface area (Å²) in [4.78, 5) is 13.1. The van der Waals surface area contributed by atoms with Gasteiger partial charge in [-0.25, -0.2) is 9.78 Å². The van der Waals surface area contributed by atoms with Crippen LogP contribution in [0.1, 0.15) is 5.56 Å². The van der Waals surface area contributed by atoms with Crippen molar-refractivity contribution in [2.45, 2.75) is 12.8 Å². The van der Waals surface area contributed by atoms with Crippen LogP contribution in [0.2, 0.25) is 0 Å². The minimum atomic E-state index is -5.08. The van der Waals surface area contributed by atoms with Crippen LogP contribution in [0.25, 0.3) is 21.9 Å². The Morgan fingerprint density at radius 2 is 1.56 bits per heavy atom. The van der Waals surface area contributed by atoms with E-state index in [-0.39, 0.29) is 0 Å². The third-order valence-electron chi connectivity index (χ3n) is 4.48. The van der Waals surface area contributed by atoms with E-state index in [9.17, 15) is 13.2 Å². The number of ether oxygens (including phenoxy) is 1. The maximum Gasteiger partial charge on any atom is 0.490 e. The fraction of sp³-hybridized carbons (Fsp3) is 0.0833. The first-order valence-corrected chi connectivity index (χ1v) is 9.45. The number of hydrogen-bond donors (Lipinski definition) is 2. The molecular formula is C24H19F3N2O3. The van der Waals surface area contributed by atoms with Crippen molar-refractivity contribution in [3.05, 3.63) is 90.6 Å². The molecule has 0 radical (unpaired) electrons. The summed E-state index contributed by atoms with van der Waals surface area (Å²) in [7, 11) is 0. The second-order valence-corrected chi connectivity index (χ2v) is 6.73. The molecule has 5 nitrogen and oxygen atoms in total. The lowest BCUT2D eigenvalue weighted by atomic mass is 10.0. The van der Waals surface area contributed by atoms with Gasteiger partial charge in [-0.05, 0) is 46.3 Å². The zero-order chi connectivity index (χ0) is 23.1. The Balaban J connectivity index is 0.000000360. The summed E-state index contributed by atoms with van der Waals surface area (Å²) in [6, 6.07) is 26.5. The minimum absolute atomic E-state index is 0.558. The molecule has 0 saturated carbocycles. The number of nitrogen functional groups attached to an aromatic ring is 1. The molecule has 0 unspecified atom stereocenters. The number of carboxylic acids is 1. The molecule has 0 aliphatic rings. The van der Waals surface area contributed by atoms with E-state index in [4.69, 9.17) is 20.4 Å². The number of carboxylic acid groups (broad SMARTS) is 1. The van der Waals surface area contributed by atoms with Crippen molar-refractivity contribution < 1.29 is 27.8 Å². The SMILES string of the molecule is Nc1nccc2ccc(-c3ccc(OCc4ccccc4)cc3)cc12.O=C(O)C(F)(F)F. The Bertz CT molecular complexity index is 1190. The summed E-state index contributed by atoms with van der Waals surface area (Å²) in [5, 5.41) is 9.20. The second kappa shape index (κ2) is 9.82. The lowest BCUT2D eigenvalue weighted by Gasteiger charge is -2.09. The lowest BCUT2D eigenvalue weighted by molar-refractivity contribution is -0.192. The molecule has 0 amide bonds. The van der Waals surface area contributed by atoms with Gasteiger partial charge in [-0.2, -0.15) is 13.2 Å². The molecule has 1 heterocycles. The molecule has 0 aliphatic carbocycles. The maximum absolute atomic E-state index is 10.6. The first-order valence-electron chi connectivity index (χ1n) is 9.45. The molecule has 3 N–H and O–H groups in total. The molecule has 0 aliphatic heterocycles. The zero-order valence-corrected chi connectivity index (χ0v) is 16.7. The Labute approximate surface area is 181 Å². The van der Waals surface area contributed by atoms with Gasteiger partial charge in [0.15, 0.2) is 0 Å². The highest BCUT2D eigenvalue weighted by atomic mass is 19.4. The molecule has 4 aromatic rings. The van der Waals surface area contributed by atoms with Crippen molar-refractivity contribution in [3.8, 4) is 16.9 Å². The van der Waals surface area contributed by atoms with E-state index in [0.717, 1.165) is 33.2 Å². The van der Waals surface area contributed by atoms with Crippen LogP contribution in [-0.4, -0.2) is 22.2 Å². The number of pyridine rings is 1. The Morgan fingerprint density at radius 3 is 2.19 bits per heavy atom. The van der Waals surface area contributed by atoms with Crippen LogP contribution in [0.4, 0.5) is 19.0 Å². The smallest absolute Gasteiger partial charge is 0.489 e. The summed E-state index contributed by atoms with van der Waals surface area (Å²) >= 11 is 0. The number of nitrogens with zero attached hydrogens (tertiary/aromatic N) is 1. The molecule has 3 aromatic carbocycles. The first kappa shape index (κ1) is 22.6. The molecule has 0 atom stereocenters. The normalized spacial score (nSPS) is 10.8. The average Bonchev–Trinajstić information content (AvgIpc) is 2.79. The zero-order valence-electron chi connectivity index (χ0n) is 16.7. The van der Waals surface area contributed by atoms with Crippen molar-refractivity contribution >= 4 is 22.6 Å². The number of benzene rings is 3. The number of aliphatic carboxylic acids is 1. The molecule has 0 saturated heterocycles. The summed E-state index contributed by atoms with van der Waals surface area (Å²) in [6.45, 7) is 0.568. The number of halogens is 3. The molecule has 0 fully saturated rings. The van der Waals surface area contributed by atoms with E-state index in [0.29, 0.717) is 12.4 Å². The van der Waals surface area contributed by atoms with Crippen molar-refractivity contribution in [2.75, 3.05) is 5.73 Å². The van der Waals surface area contributed by atoms with Crippen LogP contribution in [0.3, 0.4) is 0 Å². The standard InChI is InChI=1S/C22H18N2O.C2HF3O2/c23-22-21-14-19(7-6-18(21)12-13-24-22)17-8-10-20(11-9-17)25-15-16-4-2-1-3-5-16;3-2(4,5)1(6)7/h1-14H,15H2,(H2,23,24);(H,6,7). The van der Waals surface area contributed by atoms with Gasteiger partial charge in [-0.1, -0.05) is 54.6 Å². The number of nitrogens with two attached hydrogens (primary N) is 1. The Morgan fingerprint density at radius 1 is 0.938 bits per heavy atom. The van der Waals surface area contributed by atoms with E-state index in [1.165, 1.54) is 0 Å². The molecule has 164 valence electrons. The number of rotatable bonds is 4. The lowest BCUT2D eigenvalue weighted by Crippen LogP contribution is -2.21. The van der Waals surface area contributed by atoms with Gasteiger partial charge in [0.05, 0.1) is 0 Å². The van der Waals surface area contributed by atoms with Crippen molar-refractivity contribution in [1.29, 1.82) is 0 Å². The van der Waals surface area contributed by atoms with E-state index in [2.05, 4.69) is 47.4 Å². The predicted molar refractivity (Wildman–Crippen MR) is 116 cm³/mol. The third-order valence-corrected chi connectivity index (χ3v) is 4.48. The molecule has 1 aromatic heterocycles. The summed E-state index contributed by atoms with van der Waals surface area (Å²) in [6.07, 6.45) is -3.35. The minimum Gasteiger partial charge on any atom is -0.489 e. The quantitative estimate of drug-likeness (QED) is 0.425. The Kier molecular flexibility index (Phi) is 6.94. The first-order chi connectivity index (χ1) is 15.2. The van der Waals surface area contributed by atoms with Gasteiger partial charge in [0.2, 0.25) is 0 Å². The number of fused-ring (bicyclic) bond motifs is 1. The van der Waals surface area contributed by atoms with Crippen molar-refractivity contribution in [3.63, 3.8) is 0 Å². The number of aromatic nitrogens is 1. The Hall–Kier alpha value is -4.07. The number of anilines is 1. The molecule has 8 heteroatoms. The molecular weight excluding hydrogens is 421 g/mol. The van der Waals surface area contributed by atoms with Gasteiger partial charge >= 0.3 is 12.1 Å². The van der Waals surface area contributed by atoms with Crippen LogP contribution >= 0.6 is 0 Å². The molecule has 4 rings (SSSR count). The highest BCUT2D eigenvalue weighted by molar-refractivity contribution is 5.94. The number of carbonyl (C=O) groups is 1. The molecule has 32 heavy (non-hydrogen) atoms. The monoisotopic (exact) mass is 440 g/mol. The van der Waals surface area contributed by atoms with Crippen LogP contribution in [-0.2, 0) is 11.4 Å². The second-order valence-electron chi connectivity index (χ2n) is 6.73. The van der Waals surface area contributed by atoms with Gasteiger partial charge in [-0.15, -0.1) is 0 Å². The molecule has 0 spiro atoms. The third kappa shape index (κ3) is 5.98. The van der Waals surface area contributed by atoms with Crippen LogP contribution in [0.15, 0.2) is 85.1 Å². The summed E-state index contributed by atoms with van der Waals surface area (Å²) in [5.74, 6) is -1.34. The van der Waals surface area contributed by atoms with Crippen LogP contribution in [0.5, 0.6) is 5.75 Å². The van der Waals surface area contributed by atoms with E-state index in [1.807, 2.05) is 36.4 Å². The van der Waals surface area contributed by atoms with Gasteiger partial charge in [0.1, 0.15) is 18.2 Å². The predicted octanol–water partition coefficient (Wildman–Crippen LogP) is 5.70. The van der Waals surface area contributed by atoms with Crippen LogP contribution in [0, 0.1) is 0 Å². The fourth-order valence-corrected chi connectivity index (χ4v) is 2.85. The van der Waals surface area contributed by atoms with E-state index < -0.39 is 12.1 Å². The van der Waals surface area contributed by atoms with Gasteiger partial charge in [0.25, 0.3) is 0 Å². The van der Waals surface area contributed by atoms with Crippen molar-refractivity contribution in [1.82, 2.24) is 4.98 Å². The van der Waals surface area contributed by atoms with E-state index in [1.54, 1.807) is 6.20 Å². The maximum atomic E-state index is 10.6. The number of alkyl halides is 3. The fourth-order valence-electron chi connectivity index (χ4n) is 2.85.